The molecule has 0 heterocycles. The van der Waals surface area contributed by atoms with Crippen LogP contribution in [0.5, 0.6) is 0 Å². The van der Waals surface area contributed by atoms with E-state index in [9.17, 15) is 19.4 Å². The number of amides is 1. The van der Waals surface area contributed by atoms with Gasteiger partial charge in [-0.2, -0.15) is 0 Å². The number of carbonyl (C=O) groups is 1. The molecule has 8 nitrogen and oxygen atoms in total. The standard InChI is InChI=1S/C61H125N2O6P/c1-6-8-10-12-14-16-18-20-22-24-26-28-30-31-32-33-35-37-39-41-43-45-47-49-51-53-55-61(65)62-59(58-69-70(66,67)68-57-56-63(3,4)5)60(64)54-52-50-48-46-44-42-40-38-36-34-29-27-25-23-21-19-17-15-13-11-9-7-2/h59-60,64H,6-58H2,1-5H3,(H-,62,65,66,67)/p+1. The van der Waals surface area contributed by atoms with E-state index in [-0.39, 0.29) is 19.1 Å². The molecule has 3 unspecified atom stereocenters. The number of carbonyl (C=O) groups excluding carboxylic acids is 1. The molecule has 0 saturated carbocycles. The number of unbranched alkanes of at least 4 members (excludes halogenated alkanes) is 46. The number of likely N-dealkylation sites (N-methyl/N-ethyl adjacent to an activating group) is 1. The highest BCUT2D eigenvalue weighted by atomic mass is 31.2. The maximum Gasteiger partial charge on any atom is 0.472 e. The Morgan fingerprint density at radius 3 is 0.957 bits per heavy atom. The molecule has 9 heteroatoms. The smallest absolute Gasteiger partial charge is 0.391 e. The van der Waals surface area contributed by atoms with Crippen molar-refractivity contribution in [3.8, 4) is 0 Å². The molecule has 1 amide bonds. The van der Waals surface area contributed by atoms with Crippen LogP contribution in [-0.2, 0) is 18.4 Å². The number of phosphoric ester groups is 1. The van der Waals surface area contributed by atoms with Crippen LogP contribution in [0, 0.1) is 0 Å². The first-order valence-corrected chi connectivity index (χ1v) is 32.9. The van der Waals surface area contributed by atoms with E-state index in [0.717, 1.165) is 38.5 Å². The summed E-state index contributed by atoms with van der Waals surface area (Å²) in [7, 11) is 1.64. The van der Waals surface area contributed by atoms with Gasteiger partial charge in [0.2, 0.25) is 5.91 Å². The van der Waals surface area contributed by atoms with E-state index in [4.69, 9.17) is 9.05 Å². The predicted molar refractivity (Wildman–Crippen MR) is 305 cm³/mol. The fourth-order valence-electron chi connectivity index (χ4n) is 9.93. The topological polar surface area (TPSA) is 105 Å². The van der Waals surface area contributed by atoms with Gasteiger partial charge in [0, 0.05) is 6.42 Å². The number of aliphatic hydroxyl groups is 1. The molecule has 0 saturated heterocycles. The number of aliphatic hydroxyl groups excluding tert-OH is 1. The van der Waals surface area contributed by atoms with E-state index in [0.29, 0.717) is 23.9 Å². The molecule has 0 aromatic rings. The molecule has 0 aliphatic rings. The van der Waals surface area contributed by atoms with Gasteiger partial charge in [0.05, 0.1) is 39.9 Å². The fraction of sp³-hybridized carbons (Fsp3) is 0.984. The van der Waals surface area contributed by atoms with Crippen molar-refractivity contribution < 1.29 is 32.9 Å². The average molecular weight is 1010 g/mol. The second kappa shape index (κ2) is 53.3. The van der Waals surface area contributed by atoms with E-state index < -0.39 is 20.0 Å². The average Bonchev–Trinajstić information content (AvgIpc) is 3.32. The van der Waals surface area contributed by atoms with Gasteiger partial charge in [-0.3, -0.25) is 13.8 Å². The minimum absolute atomic E-state index is 0.0793. The van der Waals surface area contributed by atoms with Crippen LogP contribution in [0.3, 0.4) is 0 Å². The molecule has 3 atom stereocenters. The van der Waals surface area contributed by atoms with Gasteiger partial charge in [-0.15, -0.1) is 0 Å². The van der Waals surface area contributed by atoms with Crippen LogP contribution in [0.15, 0.2) is 0 Å². The third-order valence-electron chi connectivity index (χ3n) is 14.9. The lowest BCUT2D eigenvalue weighted by molar-refractivity contribution is -0.870. The zero-order valence-electron chi connectivity index (χ0n) is 48.1. The van der Waals surface area contributed by atoms with Crippen molar-refractivity contribution in [3.05, 3.63) is 0 Å². The van der Waals surface area contributed by atoms with Crippen LogP contribution in [0.1, 0.15) is 335 Å². The van der Waals surface area contributed by atoms with Gasteiger partial charge in [0.1, 0.15) is 13.2 Å². The first-order chi connectivity index (χ1) is 34.0. The van der Waals surface area contributed by atoms with Crippen LogP contribution in [0.2, 0.25) is 0 Å². The normalized spacial score (nSPS) is 13.8. The lowest BCUT2D eigenvalue weighted by atomic mass is 10.0. The summed E-state index contributed by atoms with van der Waals surface area (Å²) in [5.41, 5.74) is 0. The van der Waals surface area contributed by atoms with Crippen molar-refractivity contribution in [1.82, 2.24) is 5.32 Å². The maximum absolute atomic E-state index is 13.0. The number of hydrogen-bond donors (Lipinski definition) is 3. The van der Waals surface area contributed by atoms with Crippen LogP contribution in [0.25, 0.3) is 0 Å². The Morgan fingerprint density at radius 2 is 0.686 bits per heavy atom. The van der Waals surface area contributed by atoms with E-state index in [1.165, 1.54) is 270 Å². The van der Waals surface area contributed by atoms with Crippen LogP contribution in [0.4, 0.5) is 0 Å². The van der Waals surface area contributed by atoms with E-state index in [2.05, 4.69) is 19.2 Å². The quantitative estimate of drug-likeness (QED) is 0.0318. The van der Waals surface area contributed by atoms with Crippen LogP contribution < -0.4 is 5.32 Å². The van der Waals surface area contributed by atoms with Crippen molar-refractivity contribution in [1.29, 1.82) is 0 Å². The van der Waals surface area contributed by atoms with Crippen molar-refractivity contribution >= 4 is 13.7 Å². The molecule has 70 heavy (non-hydrogen) atoms. The third kappa shape index (κ3) is 55.3. The van der Waals surface area contributed by atoms with Gasteiger partial charge >= 0.3 is 7.82 Å². The second-order valence-electron chi connectivity index (χ2n) is 23.2. The van der Waals surface area contributed by atoms with Crippen LogP contribution in [-0.4, -0.2) is 73.4 Å². The van der Waals surface area contributed by atoms with Gasteiger partial charge in [0.15, 0.2) is 0 Å². The Hall–Kier alpha value is -0.500. The Balaban J connectivity index is 4.06. The van der Waals surface area contributed by atoms with Gasteiger partial charge < -0.3 is 19.8 Å². The zero-order valence-corrected chi connectivity index (χ0v) is 48.9. The summed E-state index contributed by atoms with van der Waals surface area (Å²) in [6.45, 7) is 4.96. The van der Waals surface area contributed by atoms with E-state index in [1.54, 1.807) is 0 Å². The molecule has 0 fully saturated rings. The second-order valence-corrected chi connectivity index (χ2v) is 24.6. The van der Waals surface area contributed by atoms with Gasteiger partial charge in [0.25, 0.3) is 0 Å². The predicted octanol–water partition coefficient (Wildman–Crippen LogP) is 19.2. The number of phosphoric acid groups is 1. The first-order valence-electron chi connectivity index (χ1n) is 31.4. The number of quaternary nitrogens is 1. The Morgan fingerprint density at radius 1 is 0.429 bits per heavy atom. The summed E-state index contributed by atoms with van der Waals surface area (Å²) in [6.07, 6.45) is 64.6. The Kier molecular flexibility index (Phi) is 52.9. The lowest BCUT2D eigenvalue weighted by Gasteiger charge is -2.26. The fourth-order valence-corrected chi connectivity index (χ4v) is 10.7. The number of hydrogen-bond acceptors (Lipinski definition) is 5. The molecule has 3 N–H and O–H groups in total. The molecule has 0 radical (unpaired) electrons. The molecule has 420 valence electrons. The van der Waals surface area contributed by atoms with Gasteiger partial charge in [-0.25, -0.2) is 4.57 Å². The van der Waals surface area contributed by atoms with E-state index in [1.807, 2.05) is 21.1 Å². The molecule has 0 aliphatic carbocycles. The van der Waals surface area contributed by atoms with Crippen molar-refractivity contribution in [2.24, 2.45) is 0 Å². The largest absolute Gasteiger partial charge is 0.472 e. The van der Waals surface area contributed by atoms with E-state index >= 15 is 0 Å². The number of rotatable bonds is 59. The van der Waals surface area contributed by atoms with Crippen molar-refractivity contribution in [2.75, 3.05) is 40.9 Å². The summed E-state index contributed by atoms with van der Waals surface area (Å²) in [5, 5.41) is 14.1. The van der Waals surface area contributed by atoms with Crippen molar-refractivity contribution in [2.45, 2.75) is 347 Å². The molecular formula is C61H126N2O6P+. The monoisotopic (exact) mass is 1010 g/mol. The molecule has 0 rings (SSSR count). The molecule has 0 aliphatic heterocycles. The molecule has 0 aromatic carbocycles. The molecule has 0 bridgehead atoms. The van der Waals surface area contributed by atoms with Crippen molar-refractivity contribution in [3.63, 3.8) is 0 Å². The SMILES string of the molecule is CCCCCCCCCCCCCCCCCCCCCCCCCCCCC(=O)NC(COP(=O)(O)OCC[N+](C)(C)C)C(O)CCCCCCCCCCCCCCCCCCCCCCCC. The summed E-state index contributed by atoms with van der Waals surface area (Å²) in [5.74, 6) is -0.134. The Bertz CT molecular complexity index is 1100. The van der Waals surface area contributed by atoms with Crippen LogP contribution >= 0.6 is 7.82 Å². The minimum Gasteiger partial charge on any atom is -0.391 e. The van der Waals surface area contributed by atoms with Gasteiger partial charge in [-0.1, -0.05) is 316 Å². The summed E-state index contributed by atoms with van der Waals surface area (Å²) in [4.78, 5) is 23.4. The Labute approximate surface area is 438 Å². The zero-order chi connectivity index (χ0) is 51.3. The number of nitrogens with one attached hydrogen (secondary N) is 1. The molecule has 0 aromatic heterocycles. The minimum atomic E-state index is -4.32. The third-order valence-corrected chi connectivity index (χ3v) is 15.8. The molecule has 0 spiro atoms. The maximum atomic E-state index is 13.0. The highest BCUT2D eigenvalue weighted by Gasteiger charge is 2.28. The van der Waals surface area contributed by atoms with Gasteiger partial charge in [-0.05, 0) is 12.8 Å². The molecular weight excluding hydrogens is 888 g/mol. The number of nitrogens with zero attached hydrogens (tertiary/aromatic N) is 1. The summed E-state index contributed by atoms with van der Waals surface area (Å²) < 4.78 is 23.8. The first kappa shape index (κ1) is 69.5. The lowest BCUT2D eigenvalue weighted by Crippen LogP contribution is -2.46. The summed E-state index contributed by atoms with van der Waals surface area (Å²) in [6, 6.07) is -0.756. The summed E-state index contributed by atoms with van der Waals surface area (Å²) >= 11 is 0. The highest BCUT2D eigenvalue weighted by molar-refractivity contribution is 7.47. The highest BCUT2D eigenvalue weighted by Crippen LogP contribution is 2.43.